The minimum atomic E-state index is -4.40. The first-order valence-electron chi connectivity index (χ1n) is 9.11. The molecule has 2 aromatic rings. The molecular weight excluding hydrogens is 355 g/mol. The number of piperazine rings is 1. The summed E-state index contributed by atoms with van der Waals surface area (Å²) in [7, 11) is 0. The van der Waals surface area contributed by atoms with Crippen LogP contribution in [0.15, 0.2) is 42.7 Å². The number of benzene rings is 1. The molecule has 0 spiro atoms. The van der Waals surface area contributed by atoms with Gasteiger partial charge in [-0.2, -0.15) is 13.2 Å². The second kappa shape index (κ2) is 8.61. The topological polar surface area (TPSA) is 28.6 Å². The van der Waals surface area contributed by atoms with Gasteiger partial charge in [0.05, 0.1) is 12.2 Å². The maximum atomic E-state index is 13.1. The number of nitrogens with zero attached hydrogens (tertiary/aromatic N) is 3. The Hall–Kier alpha value is -2.28. The van der Waals surface area contributed by atoms with Gasteiger partial charge in [0.15, 0.2) is 0 Å². The van der Waals surface area contributed by atoms with Gasteiger partial charge in [-0.1, -0.05) is 11.6 Å². The summed E-state index contributed by atoms with van der Waals surface area (Å²) in [6, 6.07) is 8.19. The van der Waals surface area contributed by atoms with Crippen LogP contribution in [0.1, 0.15) is 17.5 Å². The van der Waals surface area contributed by atoms with E-state index in [-0.39, 0.29) is 12.4 Å². The van der Waals surface area contributed by atoms with Gasteiger partial charge >= 0.3 is 6.18 Å². The van der Waals surface area contributed by atoms with Gasteiger partial charge in [0.25, 0.3) is 0 Å². The highest BCUT2D eigenvalue weighted by molar-refractivity contribution is 5.45. The van der Waals surface area contributed by atoms with E-state index < -0.39 is 11.7 Å². The smallest absolute Gasteiger partial charge is 0.419 e. The number of aromatic nitrogens is 1. The summed E-state index contributed by atoms with van der Waals surface area (Å²) in [5.74, 6) is -0.0874. The molecule has 1 saturated heterocycles. The van der Waals surface area contributed by atoms with Crippen molar-refractivity contribution < 1.29 is 17.9 Å². The fourth-order valence-electron chi connectivity index (χ4n) is 3.25. The first-order valence-corrected chi connectivity index (χ1v) is 9.11. The van der Waals surface area contributed by atoms with Crippen molar-refractivity contribution >= 4 is 5.69 Å². The highest BCUT2D eigenvalue weighted by Gasteiger charge is 2.34. The molecule has 1 aromatic carbocycles. The van der Waals surface area contributed by atoms with E-state index in [9.17, 15) is 13.2 Å². The third-order valence-electron chi connectivity index (χ3n) is 4.72. The van der Waals surface area contributed by atoms with E-state index in [0.29, 0.717) is 12.0 Å². The summed E-state index contributed by atoms with van der Waals surface area (Å²) in [5.41, 5.74) is 1.04. The Morgan fingerprint density at radius 2 is 1.74 bits per heavy atom. The van der Waals surface area contributed by atoms with E-state index in [1.54, 1.807) is 25.4 Å². The molecule has 3 rings (SSSR count). The Balaban J connectivity index is 1.43. The first kappa shape index (κ1) is 19.5. The fraction of sp³-hybridized carbons (Fsp3) is 0.450. The lowest BCUT2D eigenvalue weighted by molar-refractivity contribution is -0.139. The predicted octanol–water partition coefficient (Wildman–Crippen LogP) is 4.00. The molecular formula is C20H24F3N3O. The van der Waals surface area contributed by atoms with Gasteiger partial charge in [0, 0.05) is 50.8 Å². The van der Waals surface area contributed by atoms with Crippen molar-refractivity contribution in [3.63, 3.8) is 0 Å². The molecule has 0 atom stereocenters. The van der Waals surface area contributed by atoms with Crippen molar-refractivity contribution in [1.29, 1.82) is 0 Å². The van der Waals surface area contributed by atoms with E-state index in [2.05, 4.69) is 14.8 Å². The SMILES string of the molecule is Cc1ccc(OCCCN2CCN(c3ccncc3)CC2)c(C(F)(F)F)c1. The third-order valence-corrected chi connectivity index (χ3v) is 4.72. The Kier molecular flexibility index (Phi) is 6.21. The van der Waals surface area contributed by atoms with Crippen LogP contribution in [0, 0.1) is 6.92 Å². The van der Waals surface area contributed by atoms with Gasteiger partial charge in [-0.3, -0.25) is 9.88 Å². The average Bonchev–Trinajstić information content (AvgIpc) is 2.66. The van der Waals surface area contributed by atoms with Crippen LogP contribution in [0.3, 0.4) is 0 Å². The van der Waals surface area contributed by atoms with Gasteiger partial charge in [-0.05, 0) is 37.6 Å². The molecule has 7 heteroatoms. The minimum absolute atomic E-state index is 0.0874. The van der Waals surface area contributed by atoms with Crippen LogP contribution < -0.4 is 9.64 Å². The number of anilines is 1. The van der Waals surface area contributed by atoms with Crippen LogP contribution in [-0.2, 0) is 6.18 Å². The standard InChI is InChI=1S/C20H24F3N3O/c1-16-3-4-19(18(15-16)20(21,22)23)27-14-2-9-25-10-12-26(13-11-25)17-5-7-24-8-6-17/h3-8,15H,2,9-14H2,1H3. The molecule has 0 saturated carbocycles. The van der Waals surface area contributed by atoms with Crippen molar-refractivity contribution in [2.75, 3.05) is 44.2 Å². The predicted molar refractivity (Wildman–Crippen MR) is 99.2 cm³/mol. The van der Waals surface area contributed by atoms with E-state index in [1.165, 1.54) is 11.8 Å². The number of halogens is 3. The summed E-state index contributed by atoms with van der Waals surface area (Å²) in [6.45, 7) is 6.46. The number of alkyl halides is 3. The second-order valence-electron chi connectivity index (χ2n) is 6.73. The van der Waals surface area contributed by atoms with Crippen LogP contribution in [-0.4, -0.2) is 49.2 Å². The van der Waals surface area contributed by atoms with E-state index >= 15 is 0 Å². The molecule has 0 radical (unpaired) electrons. The van der Waals surface area contributed by atoms with Crippen LogP contribution >= 0.6 is 0 Å². The van der Waals surface area contributed by atoms with Crippen LogP contribution in [0.25, 0.3) is 0 Å². The summed E-state index contributed by atoms with van der Waals surface area (Å²) in [6.07, 6.45) is -0.121. The first-order chi connectivity index (χ1) is 12.9. The quantitative estimate of drug-likeness (QED) is 0.710. The second-order valence-corrected chi connectivity index (χ2v) is 6.73. The van der Waals surface area contributed by atoms with Crippen molar-refractivity contribution in [1.82, 2.24) is 9.88 Å². The number of hydrogen-bond donors (Lipinski definition) is 0. The molecule has 0 amide bonds. The average molecular weight is 379 g/mol. The maximum Gasteiger partial charge on any atom is 0.419 e. The van der Waals surface area contributed by atoms with Crippen LogP contribution in [0.2, 0.25) is 0 Å². The van der Waals surface area contributed by atoms with Crippen molar-refractivity contribution in [2.45, 2.75) is 19.5 Å². The zero-order chi connectivity index (χ0) is 19.3. The zero-order valence-electron chi connectivity index (χ0n) is 15.4. The summed E-state index contributed by atoms with van der Waals surface area (Å²) in [4.78, 5) is 8.67. The lowest BCUT2D eigenvalue weighted by Gasteiger charge is -2.36. The molecule has 2 heterocycles. The highest BCUT2D eigenvalue weighted by atomic mass is 19.4. The number of pyridine rings is 1. The molecule has 1 aliphatic rings. The van der Waals surface area contributed by atoms with E-state index in [0.717, 1.165) is 38.8 Å². The lowest BCUT2D eigenvalue weighted by atomic mass is 10.1. The van der Waals surface area contributed by atoms with Gasteiger partial charge in [-0.15, -0.1) is 0 Å². The highest BCUT2D eigenvalue weighted by Crippen LogP contribution is 2.36. The monoisotopic (exact) mass is 379 g/mol. The lowest BCUT2D eigenvalue weighted by Crippen LogP contribution is -2.46. The van der Waals surface area contributed by atoms with Crippen molar-refractivity contribution in [3.05, 3.63) is 53.9 Å². The molecule has 27 heavy (non-hydrogen) atoms. The molecule has 1 aliphatic heterocycles. The van der Waals surface area contributed by atoms with Gasteiger partial charge in [0.2, 0.25) is 0 Å². The minimum Gasteiger partial charge on any atom is -0.493 e. The summed E-state index contributed by atoms with van der Waals surface area (Å²) >= 11 is 0. The zero-order valence-corrected chi connectivity index (χ0v) is 15.4. The molecule has 4 nitrogen and oxygen atoms in total. The number of rotatable bonds is 6. The normalized spacial score (nSPS) is 15.8. The molecule has 0 N–H and O–H groups in total. The number of ether oxygens (including phenoxy) is 1. The van der Waals surface area contributed by atoms with E-state index in [1.807, 2.05) is 12.1 Å². The molecule has 0 bridgehead atoms. The molecule has 1 aromatic heterocycles. The maximum absolute atomic E-state index is 13.1. The molecule has 0 aliphatic carbocycles. The van der Waals surface area contributed by atoms with Gasteiger partial charge < -0.3 is 9.64 Å². The van der Waals surface area contributed by atoms with Crippen molar-refractivity contribution in [2.24, 2.45) is 0 Å². The Labute approximate surface area is 157 Å². The molecule has 0 unspecified atom stereocenters. The molecule has 1 fully saturated rings. The number of hydrogen-bond acceptors (Lipinski definition) is 4. The Bertz CT molecular complexity index is 729. The van der Waals surface area contributed by atoms with Crippen LogP contribution in [0.5, 0.6) is 5.75 Å². The summed E-state index contributed by atoms with van der Waals surface area (Å²) < 4.78 is 44.8. The van der Waals surface area contributed by atoms with E-state index in [4.69, 9.17) is 4.74 Å². The third kappa shape index (κ3) is 5.35. The Morgan fingerprint density at radius 1 is 1.04 bits per heavy atom. The van der Waals surface area contributed by atoms with Crippen molar-refractivity contribution in [3.8, 4) is 5.75 Å². The Morgan fingerprint density at radius 3 is 2.41 bits per heavy atom. The fourth-order valence-corrected chi connectivity index (χ4v) is 3.25. The summed E-state index contributed by atoms with van der Waals surface area (Å²) in [5, 5.41) is 0. The molecule has 146 valence electrons. The van der Waals surface area contributed by atoms with Gasteiger partial charge in [0.1, 0.15) is 5.75 Å². The largest absolute Gasteiger partial charge is 0.493 e. The number of aryl methyl sites for hydroxylation is 1. The van der Waals surface area contributed by atoms with Crippen LogP contribution in [0.4, 0.5) is 18.9 Å². The van der Waals surface area contributed by atoms with Gasteiger partial charge in [-0.25, -0.2) is 0 Å².